The number of hydrogen-bond donors (Lipinski definition) is 1. The number of aromatic nitrogens is 3. The molecule has 148 valence electrons. The van der Waals surface area contributed by atoms with E-state index in [0.29, 0.717) is 30.5 Å². The summed E-state index contributed by atoms with van der Waals surface area (Å²) in [6.45, 7) is 1.31. The zero-order valence-corrected chi connectivity index (χ0v) is 15.7. The third-order valence-electron chi connectivity index (χ3n) is 6.02. The van der Waals surface area contributed by atoms with Crippen LogP contribution in [0.15, 0.2) is 56.8 Å². The molecule has 0 aliphatic carbocycles. The van der Waals surface area contributed by atoms with Crippen molar-refractivity contribution in [1.29, 1.82) is 0 Å². The van der Waals surface area contributed by atoms with Gasteiger partial charge in [-0.3, -0.25) is 19.0 Å². The lowest BCUT2D eigenvalue weighted by Gasteiger charge is -2.42. The number of H-pyrrole nitrogens is 1. The Morgan fingerprint density at radius 2 is 1.83 bits per heavy atom. The third-order valence-corrected chi connectivity index (χ3v) is 6.02. The molecular formula is C21H20N4O4. The van der Waals surface area contributed by atoms with E-state index in [1.54, 1.807) is 45.9 Å². The topological polar surface area (TPSA) is 97.2 Å². The average molecular weight is 392 g/mol. The van der Waals surface area contributed by atoms with Crippen LogP contribution in [0.5, 0.6) is 0 Å². The lowest BCUT2D eigenvalue weighted by Crippen LogP contribution is -2.51. The maximum Gasteiger partial charge on any atom is 0.329 e. The first-order chi connectivity index (χ1) is 14.0. The van der Waals surface area contributed by atoms with Crippen molar-refractivity contribution in [2.75, 3.05) is 13.1 Å². The molecule has 1 saturated heterocycles. The minimum Gasteiger partial charge on any atom is -0.340 e. The molecule has 8 heteroatoms. The van der Waals surface area contributed by atoms with Gasteiger partial charge in [0.2, 0.25) is 5.91 Å². The van der Waals surface area contributed by atoms with Gasteiger partial charge in [0.15, 0.2) is 0 Å². The monoisotopic (exact) mass is 392 g/mol. The number of para-hydroxylation sites is 1. The van der Waals surface area contributed by atoms with Crippen molar-refractivity contribution in [3.8, 4) is 0 Å². The van der Waals surface area contributed by atoms with Gasteiger partial charge in [-0.1, -0.05) is 18.2 Å². The minimum absolute atomic E-state index is 0.00812. The molecule has 2 atom stereocenters. The summed E-state index contributed by atoms with van der Waals surface area (Å²) in [6, 6.07) is 12.0. The van der Waals surface area contributed by atoms with Gasteiger partial charge in [-0.2, -0.15) is 0 Å². The number of carbonyl (C=O) groups is 1. The number of aromatic amines is 1. The number of amides is 1. The summed E-state index contributed by atoms with van der Waals surface area (Å²) in [6.07, 6.45) is 0.934. The molecule has 2 aromatic heterocycles. The third kappa shape index (κ3) is 2.91. The van der Waals surface area contributed by atoms with E-state index in [9.17, 15) is 19.2 Å². The Kier molecular flexibility index (Phi) is 4.01. The van der Waals surface area contributed by atoms with E-state index in [0.717, 1.165) is 16.7 Å². The molecule has 2 aliphatic rings. The van der Waals surface area contributed by atoms with Crippen molar-refractivity contribution in [3.05, 3.63) is 79.4 Å². The molecule has 0 unspecified atom stereocenters. The first kappa shape index (κ1) is 17.7. The number of pyridine rings is 1. The van der Waals surface area contributed by atoms with Crippen LogP contribution in [-0.2, 0) is 17.9 Å². The molecule has 29 heavy (non-hydrogen) atoms. The number of rotatable bonds is 2. The Morgan fingerprint density at radius 1 is 1.00 bits per heavy atom. The number of hydrogen-bond acceptors (Lipinski definition) is 4. The first-order valence-corrected chi connectivity index (χ1v) is 9.70. The zero-order chi connectivity index (χ0) is 20.1. The van der Waals surface area contributed by atoms with E-state index in [1.807, 2.05) is 6.07 Å². The Morgan fingerprint density at radius 3 is 2.69 bits per heavy atom. The molecule has 3 aromatic rings. The summed E-state index contributed by atoms with van der Waals surface area (Å²) >= 11 is 0. The van der Waals surface area contributed by atoms with E-state index in [2.05, 4.69) is 4.98 Å². The van der Waals surface area contributed by atoms with Crippen LogP contribution in [0, 0.1) is 5.92 Å². The van der Waals surface area contributed by atoms with Crippen LogP contribution in [0.2, 0.25) is 0 Å². The van der Waals surface area contributed by atoms with Crippen LogP contribution >= 0.6 is 0 Å². The lowest BCUT2D eigenvalue weighted by atomic mass is 9.83. The molecule has 0 radical (unpaired) electrons. The maximum atomic E-state index is 13.0. The molecule has 4 heterocycles. The van der Waals surface area contributed by atoms with E-state index in [-0.39, 0.29) is 29.8 Å². The number of piperidine rings is 1. The molecule has 0 spiro atoms. The Labute approximate surface area is 165 Å². The second-order valence-electron chi connectivity index (χ2n) is 7.86. The fraction of sp³-hybridized carbons (Fsp3) is 0.333. The number of nitrogens with one attached hydrogen (secondary N) is 1. The highest BCUT2D eigenvalue weighted by Crippen LogP contribution is 2.34. The van der Waals surface area contributed by atoms with E-state index < -0.39 is 11.2 Å². The number of benzene rings is 1. The van der Waals surface area contributed by atoms with Crippen molar-refractivity contribution in [3.63, 3.8) is 0 Å². The molecule has 1 N–H and O–H groups in total. The highest BCUT2D eigenvalue weighted by Gasteiger charge is 2.36. The van der Waals surface area contributed by atoms with Gasteiger partial charge in [0.1, 0.15) is 6.54 Å². The first-order valence-electron chi connectivity index (χ1n) is 9.70. The van der Waals surface area contributed by atoms with E-state index in [1.165, 1.54) is 0 Å². The highest BCUT2D eigenvalue weighted by molar-refractivity contribution is 5.79. The molecule has 2 aliphatic heterocycles. The summed E-state index contributed by atoms with van der Waals surface area (Å²) in [5.41, 5.74) is 0.349. The normalized spacial score (nSPS) is 20.5. The Hall–Kier alpha value is -3.42. The van der Waals surface area contributed by atoms with Crippen LogP contribution < -0.4 is 16.8 Å². The van der Waals surface area contributed by atoms with Crippen LogP contribution in [0.4, 0.5) is 0 Å². The van der Waals surface area contributed by atoms with Crippen LogP contribution in [-0.4, -0.2) is 38.0 Å². The summed E-state index contributed by atoms with van der Waals surface area (Å²) in [7, 11) is 0. The van der Waals surface area contributed by atoms with Crippen molar-refractivity contribution in [2.45, 2.75) is 25.4 Å². The van der Waals surface area contributed by atoms with Crippen molar-refractivity contribution >= 4 is 16.8 Å². The molecule has 8 nitrogen and oxygen atoms in total. The molecule has 5 rings (SSSR count). The van der Waals surface area contributed by atoms with Crippen LogP contribution in [0.1, 0.15) is 18.0 Å². The zero-order valence-electron chi connectivity index (χ0n) is 15.7. The van der Waals surface area contributed by atoms with Gasteiger partial charge in [-0.25, -0.2) is 4.79 Å². The van der Waals surface area contributed by atoms with Gasteiger partial charge in [-0.05, 0) is 30.5 Å². The van der Waals surface area contributed by atoms with Gasteiger partial charge < -0.3 is 14.5 Å². The molecule has 2 bridgehead atoms. The van der Waals surface area contributed by atoms with Gasteiger partial charge in [-0.15, -0.1) is 0 Å². The smallest absolute Gasteiger partial charge is 0.329 e. The van der Waals surface area contributed by atoms with E-state index >= 15 is 0 Å². The van der Waals surface area contributed by atoms with Crippen molar-refractivity contribution in [1.82, 2.24) is 19.0 Å². The Bertz CT molecular complexity index is 1300. The number of likely N-dealkylation sites (tertiary alicyclic amines) is 1. The molecule has 1 amide bonds. The summed E-state index contributed by atoms with van der Waals surface area (Å²) in [5, 5.41) is 0.378. The SMILES string of the molecule is O=C(Cn1c(=O)[nH]c2ccccc2c1=O)N1C[C@H]2C[C@@H](C1)c1cccc(=O)n1C2. The van der Waals surface area contributed by atoms with Crippen molar-refractivity contribution in [2.24, 2.45) is 5.92 Å². The summed E-state index contributed by atoms with van der Waals surface area (Å²) < 4.78 is 2.77. The highest BCUT2D eigenvalue weighted by atomic mass is 16.2. The average Bonchev–Trinajstić information content (AvgIpc) is 2.71. The minimum atomic E-state index is -0.587. The number of carbonyl (C=O) groups excluding carboxylic acids is 1. The molecule has 1 aromatic carbocycles. The lowest BCUT2D eigenvalue weighted by molar-refractivity contribution is -0.134. The largest absolute Gasteiger partial charge is 0.340 e. The number of fused-ring (bicyclic) bond motifs is 5. The summed E-state index contributed by atoms with van der Waals surface area (Å²) in [5.74, 6) is 0.0261. The molecular weight excluding hydrogens is 372 g/mol. The number of nitrogens with zero attached hydrogens (tertiary/aromatic N) is 3. The van der Waals surface area contributed by atoms with E-state index in [4.69, 9.17) is 0 Å². The summed E-state index contributed by atoms with van der Waals surface area (Å²) in [4.78, 5) is 54.6. The van der Waals surface area contributed by atoms with Crippen molar-refractivity contribution < 1.29 is 4.79 Å². The predicted molar refractivity (Wildman–Crippen MR) is 107 cm³/mol. The van der Waals surface area contributed by atoms with Gasteiger partial charge in [0, 0.05) is 37.3 Å². The van der Waals surface area contributed by atoms with Crippen LogP contribution in [0.25, 0.3) is 10.9 Å². The molecule has 0 saturated carbocycles. The van der Waals surface area contributed by atoms with Gasteiger partial charge in [0.05, 0.1) is 10.9 Å². The van der Waals surface area contributed by atoms with Crippen LogP contribution in [0.3, 0.4) is 0 Å². The van der Waals surface area contributed by atoms with Gasteiger partial charge >= 0.3 is 5.69 Å². The second-order valence-corrected chi connectivity index (χ2v) is 7.86. The fourth-order valence-electron chi connectivity index (χ4n) is 4.68. The second kappa shape index (κ2) is 6.58. The fourth-order valence-corrected chi connectivity index (χ4v) is 4.68. The predicted octanol–water partition coefficient (Wildman–Crippen LogP) is 0.497. The van der Waals surface area contributed by atoms with Gasteiger partial charge in [0.25, 0.3) is 11.1 Å². The Balaban J connectivity index is 1.43. The standard InChI is InChI=1S/C21H20N4O4/c26-18-7-3-6-17-14-8-13(10-24(17)18)9-23(11-14)19(27)12-25-20(28)15-4-1-2-5-16(15)22-21(25)29/h1-7,13-14H,8-12H2,(H,22,29)/t13-,14+/m1/s1. The maximum absolute atomic E-state index is 13.0. The molecule has 1 fully saturated rings. The quantitative estimate of drug-likeness (QED) is 0.687.